The van der Waals surface area contributed by atoms with Crippen LogP contribution in [0.5, 0.6) is 11.5 Å². The van der Waals surface area contributed by atoms with Crippen molar-refractivity contribution in [2.24, 2.45) is 0 Å². The van der Waals surface area contributed by atoms with Gasteiger partial charge >= 0.3 is 0 Å². The molecule has 4 rings (SSSR count). The largest absolute Gasteiger partial charge is 0.453 e. The molecule has 8 heteroatoms. The van der Waals surface area contributed by atoms with E-state index in [-0.39, 0.29) is 5.75 Å². The van der Waals surface area contributed by atoms with Crippen molar-refractivity contribution >= 4 is 27.2 Å². The molecule has 0 unspecified atom stereocenters. The fourth-order valence-electron chi connectivity index (χ4n) is 2.90. The molecule has 0 aliphatic heterocycles. The minimum Gasteiger partial charge on any atom is -0.453 e. The average Bonchev–Trinajstić information content (AvgIpc) is 3.35. The summed E-state index contributed by atoms with van der Waals surface area (Å²) >= 11 is 1.54. The monoisotopic (exact) mass is 411 g/mol. The van der Waals surface area contributed by atoms with Crippen molar-refractivity contribution in [2.75, 3.05) is 33.0 Å². The van der Waals surface area contributed by atoms with Gasteiger partial charge in [-0.1, -0.05) is 0 Å². The van der Waals surface area contributed by atoms with Gasteiger partial charge in [-0.2, -0.15) is 0 Å². The summed E-state index contributed by atoms with van der Waals surface area (Å²) in [7, 11) is 5.84. The molecule has 3 aromatic heterocycles. The third kappa shape index (κ3) is 4.23. The predicted molar refractivity (Wildman–Crippen MR) is 115 cm³/mol. The van der Waals surface area contributed by atoms with Crippen LogP contribution in [-0.2, 0) is 6.54 Å². The quantitative estimate of drug-likeness (QED) is 0.478. The molecule has 0 aliphatic rings. The van der Waals surface area contributed by atoms with E-state index in [4.69, 9.17) is 4.74 Å². The highest BCUT2D eigenvalue weighted by atomic mass is 32.1. The maximum Gasteiger partial charge on any atom is 0.167 e. The van der Waals surface area contributed by atoms with Crippen LogP contribution in [0, 0.1) is 5.82 Å². The third-order valence-corrected chi connectivity index (χ3v) is 5.67. The molecular formula is C21H22FN5OS. The van der Waals surface area contributed by atoms with Gasteiger partial charge in [-0.05, 0) is 32.3 Å². The lowest BCUT2D eigenvalue weighted by atomic mass is 10.3. The van der Waals surface area contributed by atoms with E-state index in [0.717, 1.165) is 33.9 Å². The lowest BCUT2D eigenvalue weighted by molar-refractivity contribution is 0.384. The number of benzene rings is 1. The summed E-state index contributed by atoms with van der Waals surface area (Å²) in [5.74, 6) is 0.340. The molecule has 150 valence electrons. The van der Waals surface area contributed by atoms with E-state index >= 15 is 0 Å². The maximum absolute atomic E-state index is 14.3. The smallest absolute Gasteiger partial charge is 0.167 e. The Kier molecular flexibility index (Phi) is 5.46. The minimum absolute atomic E-state index is 0.180. The highest BCUT2D eigenvalue weighted by Gasteiger charge is 2.14. The number of thiophene rings is 1. The van der Waals surface area contributed by atoms with E-state index in [2.05, 4.69) is 24.8 Å². The average molecular weight is 412 g/mol. The molecule has 0 radical (unpaired) electrons. The summed E-state index contributed by atoms with van der Waals surface area (Å²) < 4.78 is 23.1. The van der Waals surface area contributed by atoms with Crippen LogP contribution in [0.15, 0.2) is 49.1 Å². The SMILES string of the molecule is CNc1ccc(Oc2ccnc3cc(-c4cn(CCN(C)C)cn4)sc23)c(F)c1. The Labute approximate surface area is 172 Å². The summed E-state index contributed by atoms with van der Waals surface area (Å²) in [6, 6.07) is 8.55. The molecule has 3 heterocycles. The molecule has 0 aliphatic carbocycles. The van der Waals surface area contributed by atoms with Gasteiger partial charge in [0.25, 0.3) is 0 Å². The van der Waals surface area contributed by atoms with Gasteiger partial charge in [0, 0.05) is 50.4 Å². The van der Waals surface area contributed by atoms with E-state index < -0.39 is 5.82 Å². The molecule has 6 nitrogen and oxygen atoms in total. The Morgan fingerprint density at radius 2 is 2.03 bits per heavy atom. The van der Waals surface area contributed by atoms with E-state index in [0.29, 0.717) is 11.4 Å². The van der Waals surface area contributed by atoms with Gasteiger partial charge in [-0.25, -0.2) is 9.37 Å². The van der Waals surface area contributed by atoms with Crippen molar-refractivity contribution < 1.29 is 9.13 Å². The van der Waals surface area contributed by atoms with Crippen molar-refractivity contribution in [3.05, 3.63) is 54.9 Å². The number of anilines is 1. The second-order valence-corrected chi connectivity index (χ2v) is 7.98. The predicted octanol–water partition coefficient (Wildman–Crippen LogP) is 4.69. The first-order valence-electron chi connectivity index (χ1n) is 9.24. The Hall–Kier alpha value is -2.97. The van der Waals surface area contributed by atoms with Crippen LogP contribution in [0.25, 0.3) is 20.8 Å². The second-order valence-electron chi connectivity index (χ2n) is 6.93. The molecule has 0 spiro atoms. The van der Waals surface area contributed by atoms with Crippen LogP contribution in [0.3, 0.4) is 0 Å². The Morgan fingerprint density at radius 1 is 1.17 bits per heavy atom. The molecule has 1 N–H and O–H groups in total. The number of nitrogens with zero attached hydrogens (tertiary/aromatic N) is 4. The summed E-state index contributed by atoms with van der Waals surface area (Å²) in [4.78, 5) is 12.1. The zero-order valence-electron chi connectivity index (χ0n) is 16.5. The number of hydrogen-bond acceptors (Lipinski definition) is 6. The Bertz CT molecular complexity index is 1140. The van der Waals surface area contributed by atoms with Crippen LogP contribution >= 0.6 is 11.3 Å². The van der Waals surface area contributed by atoms with Crippen LogP contribution < -0.4 is 10.1 Å². The van der Waals surface area contributed by atoms with Crippen molar-refractivity contribution in [1.29, 1.82) is 0 Å². The number of imidazole rings is 1. The number of rotatable bonds is 7. The fraction of sp³-hybridized carbons (Fsp3) is 0.238. The van der Waals surface area contributed by atoms with Gasteiger partial charge in [-0.15, -0.1) is 11.3 Å². The molecule has 0 saturated heterocycles. The molecular weight excluding hydrogens is 389 g/mol. The minimum atomic E-state index is -0.418. The topological polar surface area (TPSA) is 55.2 Å². The maximum atomic E-state index is 14.3. The number of pyridine rings is 1. The number of nitrogens with one attached hydrogen (secondary N) is 1. The number of aromatic nitrogens is 3. The van der Waals surface area contributed by atoms with Crippen molar-refractivity contribution in [3.63, 3.8) is 0 Å². The molecule has 0 bridgehead atoms. The summed E-state index contributed by atoms with van der Waals surface area (Å²) in [5, 5.41) is 2.91. The van der Waals surface area contributed by atoms with E-state index in [9.17, 15) is 4.39 Å². The zero-order chi connectivity index (χ0) is 20.4. The summed E-state index contributed by atoms with van der Waals surface area (Å²) in [5.41, 5.74) is 2.39. The van der Waals surface area contributed by atoms with E-state index in [1.807, 2.05) is 32.7 Å². The number of halogens is 1. The summed E-state index contributed by atoms with van der Waals surface area (Å²) in [6.07, 6.45) is 5.54. The van der Waals surface area contributed by atoms with Gasteiger partial charge < -0.3 is 19.5 Å². The van der Waals surface area contributed by atoms with Crippen molar-refractivity contribution in [2.45, 2.75) is 6.54 Å². The Balaban J connectivity index is 1.62. The van der Waals surface area contributed by atoms with Crippen LogP contribution in [-0.4, -0.2) is 47.1 Å². The molecule has 0 atom stereocenters. The van der Waals surface area contributed by atoms with Gasteiger partial charge in [-0.3, -0.25) is 4.98 Å². The van der Waals surface area contributed by atoms with E-state index in [1.54, 1.807) is 31.4 Å². The fourth-order valence-corrected chi connectivity index (χ4v) is 3.93. The molecule has 0 saturated carbocycles. The highest BCUT2D eigenvalue weighted by molar-refractivity contribution is 7.22. The lowest BCUT2D eigenvalue weighted by Gasteiger charge is -2.09. The van der Waals surface area contributed by atoms with Gasteiger partial charge in [0.05, 0.1) is 27.1 Å². The first-order chi connectivity index (χ1) is 14.0. The van der Waals surface area contributed by atoms with Crippen LogP contribution in [0.2, 0.25) is 0 Å². The van der Waals surface area contributed by atoms with Gasteiger partial charge in [0.1, 0.15) is 5.75 Å². The van der Waals surface area contributed by atoms with Gasteiger partial charge in [0.15, 0.2) is 11.6 Å². The zero-order valence-corrected chi connectivity index (χ0v) is 17.3. The molecule has 0 amide bonds. The number of likely N-dealkylation sites (N-methyl/N-ethyl adjacent to an activating group) is 1. The highest BCUT2D eigenvalue weighted by Crippen LogP contribution is 2.39. The molecule has 4 aromatic rings. The van der Waals surface area contributed by atoms with Crippen LogP contribution in [0.4, 0.5) is 10.1 Å². The Morgan fingerprint density at radius 3 is 2.79 bits per heavy atom. The first-order valence-corrected chi connectivity index (χ1v) is 10.1. The normalized spacial score (nSPS) is 11.3. The molecule has 1 aromatic carbocycles. The van der Waals surface area contributed by atoms with Crippen molar-refractivity contribution in [1.82, 2.24) is 19.4 Å². The first kappa shape index (κ1) is 19.4. The standard InChI is InChI=1S/C21H22FN5OS/c1-23-14-4-5-18(15(22)10-14)28-19-6-7-24-16-11-20(29-21(16)19)17-12-27(13-25-17)9-8-26(2)3/h4-7,10-13,23H,8-9H2,1-3H3. The van der Waals surface area contributed by atoms with Crippen molar-refractivity contribution in [3.8, 4) is 22.1 Å². The van der Waals surface area contributed by atoms with Gasteiger partial charge in [0.2, 0.25) is 0 Å². The second kappa shape index (κ2) is 8.18. The molecule has 29 heavy (non-hydrogen) atoms. The summed E-state index contributed by atoms with van der Waals surface area (Å²) in [6.45, 7) is 1.82. The number of hydrogen-bond donors (Lipinski definition) is 1. The number of fused-ring (bicyclic) bond motifs is 1. The molecule has 0 fully saturated rings. The van der Waals surface area contributed by atoms with E-state index in [1.165, 1.54) is 17.4 Å². The number of ether oxygens (including phenoxy) is 1. The lowest BCUT2D eigenvalue weighted by Crippen LogP contribution is -2.17. The van der Waals surface area contributed by atoms with Crippen LogP contribution in [0.1, 0.15) is 0 Å². The third-order valence-electron chi connectivity index (χ3n) is 4.51.